The maximum atomic E-state index is 13.9. The van der Waals surface area contributed by atoms with Gasteiger partial charge < -0.3 is 20.3 Å². The highest BCUT2D eigenvalue weighted by atomic mass is 16.5. The first-order chi connectivity index (χ1) is 19.9. The van der Waals surface area contributed by atoms with Crippen molar-refractivity contribution in [3.05, 3.63) is 107 Å². The van der Waals surface area contributed by atoms with Gasteiger partial charge in [-0.2, -0.15) is 0 Å². The van der Waals surface area contributed by atoms with Gasteiger partial charge in [-0.3, -0.25) is 15.6 Å². The predicted octanol–water partition coefficient (Wildman–Crippen LogP) is 6.05. The van der Waals surface area contributed by atoms with E-state index >= 15 is 0 Å². The molecule has 0 aliphatic carbocycles. The Morgan fingerprint density at radius 1 is 0.951 bits per heavy atom. The summed E-state index contributed by atoms with van der Waals surface area (Å²) >= 11 is 0. The number of carbonyl (C=O) groups is 1. The highest BCUT2D eigenvalue weighted by Gasteiger charge is 2.33. The van der Waals surface area contributed by atoms with E-state index in [1.54, 1.807) is 0 Å². The van der Waals surface area contributed by atoms with E-state index in [4.69, 9.17) is 21.3 Å². The molecule has 206 valence electrons. The van der Waals surface area contributed by atoms with Crippen LogP contribution < -0.4 is 15.4 Å². The number of benzene rings is 4. The van der Waals surface area contributed by atoms with E-state index in [-0.39, 0.29) is 17.8 Å². The van der Waals surface area contributed by atoms with Crippen LogP contribution in [0.1, 0.15) is 42.0 Å². The zero-order valence-electron chi connectivity index (χ0n) is 23.1. The molecule has 2 heterocycles. The lowest BCUT2D eigenvalue weighted by Crippen LogP contribution is -2.40. The Balaban J connectivity index is 1.32. The Morgan fingerprint density at radius 2 is 1.71 bits per heavy atom. The molecular weight excluding hydrogens is 510 g/mol. The van der Waals surface area contributed by atoms with Crippen molar-refractivity contribution in [3.8, 4) is 5.75 Å². The van der Waals surface area contributed by atoms with Crippen molar-refractivity contribution in [1.82, 2.24) is 4.90 Å². The van der Waals surface area contributed by atoms with Gasteiger partial charge in [0.05, 0.1) is 18.1 Å². The zero-order valence-corrected chi connectivity index (χ0v) is 23.1. The van der Waals surface area contributed by atoms with Crippen LogP contribution >= 0.6 is 0 Å². The minimum atomic E-state index is -0.0478. The average Bonchev–Trinajstić information content (AvgIpc) is 3.23. The van der Waals surface area contributed by atoms with E-state index < -0.39 is 0 Å². The lowest BCUT2D eigenvalue weighted by molar-refractivity contribution is -0.113. The number of ether oxygens (including phenoxy) is 1. The van der Waals surface area contributed by atoms with Gasteiger partial charge in [-0.05, 0) is 65.2 Å². The number of likely N-dealkylation sites (tertiary alicyclic amines) is 1. The third kappa shape index (κ3) is 5.43. The monoisotopic (exact) mass is 543 g/mol. The number of anilines is 1. The maximum Gasteiger partial charge on any atom is 0.259 e. The smallest absolute Gasteiger partial charge is 0.259 e. The summed E-state index contributed by atoms with van der Waals surface area (Å²) in [6, 6.07) is 27.7. The number of nitrogens with one attached hydrogen (secondary N) is 2. The van der Waals surface area contributed by atoms with Crippen molar-refractivity contribution in [2.24, 2.45) is 5.73 Å². The molecule has 0 atom stereocenters. The average molecular weight is 544 g/mol. The van der Waals surface area contributed by atoms with Crippen LogP contribution in [0.25, 0.3) is 22.4 Å². The van der Waals surface area contributed by atoms with E-state index in [0.717, 1.165) is 64.8 Å². The van der Waals surface area contributed by atoms with Gasteiger partial charge in [0.25, 0.3) is 5.91 Å². The molecule has 7 heteroatoms. The Labute approximate surface area is 239 Å². The maximum absolute atomic E-state index is 13.9. The second-order valence-electron chi connectivity index (χ2n) is 10.7. The first-order valence-electron chi connectivity index (χ1n) is 13.9. The second-order valence-corrected chi connectivity index (χ2v) is 10.7. The Bertz CT molecular complexity index is 1690. The number of hydrogen-bond donors (Lipinski definition) is 3. The molecule has 41 heavy (non-hydrogen) atoms. The van der Waals surface area contributed by atoms with Crippen molar-refractivity contribution in [2.45, 2.75) is 32.4 Å². The number of nitrogens with two attached hydrogens (primary N) is 1. The third-order valence-electron chi connectivity index (χ3n) is 7.91. The molecule has 0 unspecified atom stereocenters. The molecule has 2 aliphatic rings. The van der Waals surface area contributed by atoms with Gasteiger partial charge in [0.1, 0.15) is 17.7 Å². The number of amidine groups is 2. The summed E-state index contributed by atoms with van der Waals surface area (Å²) in [6.07, 6.45) is 3.75. The van der Waals surface area contributed by atoms with Gasteiger partial charge in [0, 0.05) is 42.6 Å². The first kappa shape index (κ1) is 26.3. The molecule has 7 nitrogen and oxygen atoms in total. The molecule has 0 aromatic heterocycles. The second kappa shape index (κ2) is 10.9. The molecule has 4 N–H and O–H groups in total. The first-order valence-corrected chi connectivity index (χ1v) is 13.9. The number of fused-ring (bicyclic) bond motifs is 2. The van der Waals surface area contributed by atoms with Crippen LogP contribution in [0.3, 0.4) is 0 Å². The van der Waals surface area contributed by atoms with Gasteiger partial charge in [-0.1, -0.05) is 54.6 Å². The fraction of sp³-hybridized carbons (Fsp3) is 0.206. The van der Waals surface area contributed by atoms with Crippen molar-refractivity contribution < 1.29 is 9.53 Å². The van der Waals surface area contributed by atoms with Crippen molar-refractivity contribution >= 4 is 45.7 Å². The summed E-state index contributed by atoms with van der Waals surface area (Å²) in [5.41, 5.74) is 10.7. The van der Waals surface area contributed by atoms with Gasteiger partial charge in [0.15, 0.2) is 0 Å². The number of nitrogen functional groups attached to an aromatic ring is 1. The number of piperidine rings is 1. The topological polar surface area (TPSA) is 107 Å². The standard InChI is InChI=1S/C34H33N5O2/c1-22(35)38-15-13-28(14-16-38)41-29-11-12-32-30(20-29)31(18-23-5-3-2-4-6-23)34(40)39(32)21-24-7-8-25-9-10-26(33(36)37)19-27(25)17-24/h2-12,17-20,28,35H,13-16,21H2,1H3,(H3,36,37)/b31-18-,35-22?. The minimum Gasteiger partial charge on any atom is -0.490 e. The van der Waals surface area contributed by atoms with Crippen LogP contribution in [0.4, 0.5) is 5.69 Å². The number of amides is 1. The normalized spacial score (nSPS) is 16.3. The van der Waals surface area contributed by atoms with Crippen LogP contribution in [0.15, 0.2) is 84.9 Å². The fourth-order valence-corrected chi connectivity index (χ4v) is 5.67. The molecule has 0 radical (unpaired) electrons. The third-order valence-corrected chi connectivity index (χ3v) is 7.91. The fourth-order valence-electron chi connectivity index (χ4n) is 5.67. The number of rotatable bonds is 6. The minimum absolute atomic E-state index is 0.0325. The SMILES string of the molecule is CC(=N)N1CCC(Oc2ccc3c(c2)/C(=C/c2ccccc2)C(=O)N3Cc2ccc3ccc(C(=N)N)cc3c2)CC1. The molecule has 0 bridgehead atoms. The van der Waals surface area contributed by atoms with Gasteiger partial charge in [-0.15, -0.1) is 0 Å². The van der Waals surface area contributed by atoms with Crippen molar-refractivity contribution in [2.75, 3.05) is 18.0 Å². The highest BCUT2D eigenvalue weighted by Crippen LogP contribution is 2.41. The molecular formula is C34H33N5O2. The molecule has 0 spiro atoms. The summed E-state index contributed by atoms with van der Waals surface area (Å²) in [4.78, 5) is 17.8. The van der Waals surface area contributed by atoms with E-state index in [0.29, 0.717) is 23.5 Å². The summed E-state index contributed by atoms with van der Waals surface area (Å²) in [7, 11) is 0. The van der Waals surface area contributed by atoms with Crippen molar-refractivity contribution in [3.63, 3.8) is 0 Å². The molecule has 2 aliphatic heterocycles. The number of nitrogens with zero attached hydrogens (tertiary/aromatic N) is 2. The molecule has 1 saturated heterocycles. The molecule has 6 rings (SSSR count). The van der Waals surface area contributed by atoms with Gasteiger partial charge in [0.2, 0.25) is 0 Å². The Kier molecular flexibility index (Phi) is 7.01. The quantitative estimate of drug-likeness (QED) is 0.156. The predicted molar refractivity (Wildman–Crippen MR) is 166 cm³/mol. The van der Waals surface area contributed by atoms with E-state index in [9.17, 15) is 4.79 Å². The Hall–Kier alpha value is -4.91. The molecule has 4 aromatic rings. The summed E-state index contributed by atoms with van der Waals surface area (Å²) in [6.45, 7) is 3.87. The molecule has 4 aromatic carbocycles. The van der Waals surface area contributed by atoms with E-state index in [1.807, 2.05) is 96.8 Å². The molecule has 0 saturated carbocycles. The number of carbonyl (C=O) groups excluding carboxylic acids is 1. The van der Waals surface area contributed by atoms with E-state index in [1.165, 1.54) is 0 Å². The van der Waals surface area contributed by atoms with Crippen LogP contribution in [0, 0.1) is 10.8 Å². The lowest BCUT2D eigenvalue weighted by atomic mass is 10.0. The molecule has 1 fully saturated rings. The van der Waals surface area contributed by atoms with Crippen LogP contribution in [-0.2, 0) is 11.3 Å². The zero-order chi connectivity index (χ0) is 28.5. The van der Waals surface area contributed by atoms with E-state index in [2.05, 4.69) is 11.0 Å². The van der Waals surface area contributed by atoms with Crippen molar-refractivity contribution in [1.29, 1.82) is 10.8 Å². The molecule has 1 amide bonds. The highest BCUT2D eigenvalue weighted by molar-refractivity contribution is 6.35. The number of hydrogen-bond acceptors (Lipinski definition) is 4. The lowest BCUT2D eigenvalue weighted by Gasteiger charge is -2.32. The Morgan fingerprint density at radius 3 is 2.44 bits per heavy atom. The van der Waals surface area contributed by atoms with Crippen LogP contribution in [0.2, 0.25) is 0 Å². The summed E-state index contributed by atoms with van der Waals surface area (Å²) < 4.78 is 6.39. The largest absolute Gasteiger partial charge is 0.490 e. The summed E-state index contributed by atoms with van der Waals surface area (Å²) in [5, 5.41) is 17.7. The van der Waals surface area contributed by atoms with Gasteiger partial charge in [-0.25, -0.2) is 0 Å². The van der Waals surface area contributed by atoms with Crippen LogP contribution in [-0.4, -0.2) is 41.7 Å². The van der Waals surface area contributed by atoms with Crippen LogP contribution in [0.5, 0.6) is 5.75 Å². The van der Waals surface area contributed by atoms with Gasteiger partial charge >= 0.3 is 0 Å². The summed E-state index contributed by atoms with van der Waals surface area (Å²) in [5.74, 6) is 1.34.